The second-order valence-electron chi connectivity index (χ2n) is 5.94. The van der Waals surface area contributed by atoms with Crippen LogP contribution in [-0.4, -0.2) is 55.9 Å². The molecule has 0 N–H and O–H groups in total. The Morgan fingerprint density at radius 3 is 2.11 bits per heavy atom. The van der Waals surface area contributed by atoms with Gasteiger partial charge < -0.3 is 4.74 Å². The summed E-state index contributed by atoms with van der Waals surface area (Å²) in [5.74, 6) is 0.534. The number of ether oxygens (including phenoxy) is 1. The largest absolute Gasteiger partial charge is 0.378 e. The van der Waals surface area contributed by atoms with Gasteiger partial charge in [-0.05, 0) is 31.6 Å². The van der Waals surface area contributed by atoms with Gasteiger partial charge in [-0.1, -0.05) is 13.8 Å². The summed E-state index contributed by atoms with van der Waals surface area (Å²) in [6.45, 7) is 7.60. The van der Waals surface area contributed by atoms with Crippen LogP contribution in [0.1, 0.15) is 39.5 Å². The second kappa shape index (κ2) is 6.52. The van der Waals surface area contributed by atoms with Crippen molar-refractivity contribution in [3.63, 3.8) is 0 Å². The van der Waals surface area contributed by atoms with Crippen molar-refractivity contribution in [1.82, 2.24) is 8.61 Å². The van der Waals surface area contributed by atoms with Crippen LogP contribution in [0.25, 0.3) is 0 Å². The van der Waals surface area contributed by atoms with Crippen molar-refractivity contribution in [3.8, 4) is 0 Å². The highest BCUT2D eigenvalue weighted by Crippen LogP contribution is 2.22. The van der Waals surface area contributed by atoms with Crippen LogP contribution in [0.15, 0.2) is 0 Å². The van der Waals surface area contributed by atoms with E-state index >= 15 is 0 Å². The SMILES string of the molecule is CC(C)COC1CCN(S(=O)(=O)N2CCCC2)CC1. The molecule has 5 nitrogen and oxygen atoms in total. The minimum Gasteiger partial charge on any atom is -0.378 e. The van der Waals surface area contributed by atoms with E-state index < -0.39 is 10.2 Å². The number of rotatable bonds is 5. The molecule has 0 aliphatic carbocycles. The summed E-state index contributed by atoms with van der Waals surface area (Å²) in [4.78, 5) is 0. The summed E-state index contributed by atoms with van der Waals surface area (Å²) >= 11 is 0. The predicted molar refractivity (Wildman–Crippen MR) is 75.1 cm³/mol. The minimum absolute atomic E-state index is 0.229. The van der Waals surface area contributed by atoms with Crippen LogP contribution in [0, 0.1) is 5.92 Å². The van der Waals surface area contributed by atoms with Gasteiger partial charge in [0.05, 0.1) is 6.10 Å². The Labute approximate surface area is 117 Å². The molecule has 0 bridgehead atoms. The van der Waals surface area contributed by atoms with E-state index in [1.165, 1.54) is 0 Å². The van der Waals surface area contributed by atoms with Crippen LogP contribution in [0.3, 0.4) is 0 Å². The molecule has 6 heteroatoms. The van der Waals surface area contributed by atoms with Gasteiger partial charge in [0.15, 0.2) is 0 Å². The van der Waals surface area contributed by atoms with Crippen LogP contribution < -0.4 is 0 Å². The van der Waals surface area contributed by atoms with Crippen molar-refractivity contribution < 1.29 is 13.2 Å². The molecule has 0 spiro atoms. The van der Waals surface area contributed by atoms with Crippen molar-refractivity contribution >= 4 is 10.2 Å². The van der Waals surface area contributed by atoms with Crippen molar-refractivity contribution in [2.24, 2.45) is 5.92 Å². The quantitative estimate of drug-likeness (QED) is 0.770. The Morgan fingerprint density at radius 1 is 1.05 bits per heavy atom. The molecule has 2 aliphatic heterocycles. The third-order valence-corrected chi connectivity index (χ3v) is 5.82. The van der Waals surface area contributed by atoms with Crippen molar-refractivity contribution in [1.29, 1.82) is 0 Å². The number of nitrogens with zero attached hydrogens (tertiary/aromatic N) is 2. The van der Waals surface area contributed by atoms with E-state index in [0.717, 1.165) is 32.3 Å². The van der Waals surface area contributed by atoms with E-state index in [1.54, 1.807) is 8.61 Å². The average molecular weight is 290 g/mol. The fourth-order valence-corrected chi connectivity index (χ4v) is 4.36. The molecule has 0 radical (unpaired) electrons. The molecule has 0 aromatic heterocycles. The van der Waals surface area contributed by atoms with Gasteiger partial charge in [0.1, 0.15) is 0 Å². The molecule has 2 saturated heterocycles. The topological polar surface area (TPSA) is 49.9 Å². The summed E-state index contributed by atoms with van der Waals surface area (Å²) in [7, 11) is -3.21. The first-order chi connectivity index (χ1) is 9.00. The number of piperidine rings is 1. The van der Waals surface area contributed by atoms with E-state index in [4.69, 9.17) is 4.74 Å². The summed E-state index contributed by atoms with van der Waals surface area (Å²) in [6, 6.07) is 0. The molecule has 0 aromatic carbocycles. The standard InChI is InChI=1S/C13H26N2O3S/c1-12(2)11-18-13-5-9-15(10-6-13)19(16,17)14-7-3-4-8-14/h12-13H,3-11H2,1-2H3. The van der Waals surface area contributed by atoms with Crippen LogP contribution in [0.2, 0.25) is 0 Å². The van der Waals surface area contributed by atoms with Crippen molar-refractivity contribution in [3.05, 3.63) is 0 Å². The lowest BCUT2D eigenvalue weighted by Gasteiger charge is -2.33. The molecule has 2 aliphatic rings. The van der Waals surface area contributed by atoms with Gasteiger partial charge in [0.25, 0.3) is 10.2 Å². The smallest absolute Gasteiger partial charge is 0.281 e. The van der Waals surface area contributed by atoms with Gasteiger partial charge in [0.2, 0.25) is 0 Å². The first-order valence-corrected chi connectivity index (χ1v) is 8.76. The van der Waals surface area contributed by atoms with Gasteiger partial charge in [-0.2, -0.15) is 17.0 Å². The molecule has 0 aromatic rings. The number of hydrogen-bond donors (Lipinski definition) is 0. The molecule has 0 amide bonds. The van der Waals surface area contributed by atoms with Crippen LogP contribution in [0.4, 0.5) is 0 Å². The van der Waals surface area contributed by atoms with E-state index in [9.17, 15) is 8.42 Å². The fourth-order valence-electron chi connectivity index (χ4n) is 2.64. The third-order valence-electron chi connectivity index (χ3n) is 3.78. The maximum Gasteiger partial charge on any atom is 0.281 e. The minimum atomic E-state index is -3.21. The van der Waals surface area contributed by atoms with Crippen LogP contribution >= 0.6 is 0 Å². The van der Waals surface area contributed by atoms with Crippen molar-refractivity contribution in [2.75, 3.05) is 32.8 Å². The fraction of sp³-hybridized carbons (Fsp3) is 1.00. The van der Waals surface area contributed by atoms with Crippen LogP contribution in [0.5, 0.6) is 0 Å². The Bertz CT molecular complexity index is 369. The lowest BCUT2D eigenvalue weighted by atomic mass is 10.1. The molecular weight excluding hydrogens is 264 g/mol. The number of hydrogen-bond acceptors (Lipinski definition) is 3. The second-order valence-corrected chi connectivity index (χ2v) is 7.87. The molecule has 2 heterocycles. The first-order valence-electron chi connectivity index (χ1n) is 7.37. The van der Waals surface area contributed by atoms with E-state index in [1.807, 2.05) is 0 Å². The highest BCUT2D eigenvalue weighted by atomic mass is 32.2. The molecule has 0 unspecified atom stereocenters. The summed E-state index contributed by atoms with van der Waals surface area (Å²) in [6.07, 6.45) is 3.85. The molecule has 0 saturated carbocycles. The molecule has 2 rings (SSSR count). The summed E-state index contributed by atoms with van der Waals surface area (Å²) in [5, 5.41) is 0. The highest BCUT2D eigenvalue weighted by Gasteiger charge is 2.34. The average Bonchev–Trinajstić information content (AvgIpc) is 2.91. The Balaban J connectivity index is 1.82. The molecule has 112 valence electrons. The Hall–Kier alpha value is -0.170. The van der Waals surface area contributed by atoms with Gasteiger partial charge >= 0.3 is 0 Å². The predicted octanol–water partition coefficient (Wildman–Crippen LogP) is 1.46. The summed E-state index contributed by atoms with van der Waals surface area (Å²) < 4.78 is 33.8. The van der Waals surface area contributed by atoms with Gasteiger partial charge in [-0.15, -0.1) is 0 Å². The lowest BCUT2D eigenvalue weighted by molar-refractivity contribution is 0.00688. The molecule has 2 fully saturated rings. The van der Waals surface area contributed by atoms with Gasteiger partial charge in [-0.25, -0.2) is 0 Å². The van der Waals surface area contributed by atoms with Gasteiger partial charge in [-0.3, -0.25) is 0 Å². The monoisotopic (exact) mass is 290 g/mol. The third kappa shape index (κ3) is 3.90. The Morgan fingerprint density at radius 2 is 1.58 bits per heavy atom. The van der Waals surface area contributed by atoms with Crippen LogP contribution in [-0.2, 0) is 14.9 Å². The molecule has 19 heavy (non-hydrogen) atoms. The summed E-state index contributed by atoms with van der Waals surface area (Å²) in [5.41, 5.74) is 0. The van der Waals surface area contributed by atoms with Gasteiger partial charge in [0, 0.05) is 32.8 Å². The highest BCUT2D eigenvalue weighted by molar-refractivity contribution is 7.86. The zero-order chi connectivity index (χ0) is 13.9. The zero-order valence-corrected chi connectivity index (χ0v) is 12.9. The van der Waals surface area contributed by atoms with E-state index in [-0.39, 0.29) is 6.10 Å². The normalized spacial score (nSPS) is 24.4. The van der Waals surface area contributed by atoms with E-state index in [0.29, 0.717) is 32.1 Å². The maximum atomic E-state index is 12.4. The maximum absolute atomic E-state index is 12.4. The Kier molecular flexibility index (Phi) is 5.22. The zero-order valence-electron chi connectivity index (χ0n) is 12.0. The molecular formula is C13H26N2O3S. The van der Waals surface area contributed by atoms with E-state index in [2.05, 4.69) is 13.8 Å². The first kappa shape index (κ1) is 15.2. The molecule has 0 atom stereocenters. The van der Waals surface area contributed by atoms with Crippen molar-refractivity contribution in [2.45, 2.75) is 45.6 Å². The lowest BCUT2D eigenvalue weighted by Crippen LogP contribution is -2.47.